The fourth-order valence-corrected chi connectivity index (χ4v) is 5.29. The van der Waals surface area contributed by atoms with Gasteiger partial charge in [-0.3, -0.25) is 9.59 Å². The summed E-state index contributed by atoms with van der Waals surface area (Å²) in [6.07, 6.45) is 3.37. The summed E-state index contributed by atoms with van der Waals surface area (Å²) in [5.41, 5.74) is 1.84. The number of halogens is 2. The minimum absolute atomic E-state index is 0.0481. The smallest absolute Gasteiger partial charge is 0.253 e. The minimum atomic E-state index is -0.983. The number of hydrogen-bond acceptors (Lipinski definition) is 4. The fourth-order valence-electron chi connectivity index (χ4n) is 5.29. The molecule has 208 valence electrons. The summed E-state index contributed by atoms with van der Waals surface area (Å²) < 4.78 is 27.8. The van der Waals surface area contributed by atoms with Crippen LogP contribution < -0.4 is 10.6 Å². The van der Waals surface area contributed by atoms with E-state index in [4.69, 9.17) is 0 Å². The summed E-state index contributed by atoms with van der Waals surface area (Å²) >= 11 is 0. The number of nitrogens with zero attached hydrogens (tertiary/aromatic N) is 1. The highest BCUT2D eigenvalue weighted by Crippen LogP contribution is 2.21. The van der Waals surface area contributed by atoms with E-state index in [1.54, 1.807) is 23.1 Å². The van der Waals surface area contributed by atoms with Crippen molar-refractivity contribution in [2.45, 2.75) is 90.4 Å². The first-order valence-electron chi connectivity index (χ1n) is 13.7. The minimum Gasteiger partial charge on any atom is -0.389 e. The lowest BCUT2D eigenvalue weighted by Gasteiger charge is -2.36. The van der Waals surface area contributed by atoms with Crippen molar-refractivity contribution in [3.05, 3.63) is 70.3 Å². The van der Waals surface area contributed by atoms with Gasteiger partial charge in [0.15, 0.2) is 0 Å². The summed E-state index contributed by atoms with van der Waals surface area (Å²) in [4.78, 5) is 28.5. The van der Waals surface area contributed by atoms with Crippen LogP contribution in [0.25, 0.3) is 0 Å². The number of benzene rings is 2. The normalized spacial score (nSPS) is 19.0. The first-order chi connectivity index (χ1) is 18.1. The number of piperidine rings is 1. The molecular weight excluding hydrogens is 488 g/mol. The summed E-state index contributed by atoms with van der Waals surface area (Å²) in [7, 11) is 0. The summed E-state index contributed by atoms with van der Waals surface area (Å²) in [6.45, 7) is 9.17. The molecule has 8 heteroatoms. The lowest BCUT2D eigenvalue weighted by molar-refractivity contribution is 0.0600. The van der Waals surface area contributed by atoms with Gasteiger partial charge < -0.3 is 20.6 Å². The molecule has 2 aromatic rings. The van der Waals surface area contributed by atoms with Crippen molar-refractivity contribution in [2.24, 2.45) is 0 Å². The Morgan fingerprint density at radius 1 is 1.03 bits per heavy atom. The molecule has 1 saturated heterocycles. The van der Waals surface area contributed by atoms with Gasteiger partial charge in [0.05, 0.1) is 12.1 Å². The third kappa shape index (κ3) is 8.08. The highest BCUT2D eigenvalue weighted by Gasteiger charge is 2.32. The van der Waals surface area contributed by atoms with Crippen molar-refractivity contribution in [1.82, 2.24) is 15.5 Å². The Balaban J connectivity index is 1.87. The van der Waals surface area contributed by atoms with E-state index < -0.39 is 29.7 Å². The van der Waals surface area contributed by atoms with Crippen LogP contribution in [0, 0.1) is 18.6 Å². The molecule has 38 heavy (non-hydrogen) atoms. The van der Waals surface area contributed by atoms with Gasteiger partial charge in [-0.1, -0.05) is 20.3 Å². The molecule has 3 rings (SSSR count). The van der Waals surface area contributed by atoms with Crippen LogP contribution in [0.15, 0.2) is 36.4 Å². The quantitative estimate of drug-likeness (QED) is 0.392. The molecule has 0 aromatic heterocycles. The Kier molecular flexibility index (Phi) is 10.8. The van der Waals surface area contributed by atoms with Crippen LogP contribution in [0.2, 0.25) is 0 Å². The van der Waals surface area contributed by atoms with Crippen LogP contribution in [-0.2, 0) is 6.42 Å². The molecule has 0 aliphatic carbocycles. The van der Waals surface area contributed by atoms with Crippen LogP contribution >= 0.6 is 0 Å². The standard InChI is InChI=1S/C30H41F2N3O3/c1-5-10-35(11-6-2)30(38)23-13-19(3)12-22(17-23)29(37)34-27(16-21-14-24(31)18-25(32)15-21)28(36)26-9-7-8-20(4)33-26/h12-15,17-18,20,26-28,33,36H,5-11,16H2,1-4H3,(H,34,37)/t20-,26+,27-,28+/m0/s1. The SMILES string of the molecule is CCCN(CCC)C(=O)c1cc(C)cc(C(=O)N[C@@H](Cc2cc(F)cc(F)c2)[C@H](O)[C@H]2CCC[C@H](C)N2)c1. The second-order valence-electron chi connectivity index (χ2n) is 10.5. The Bertz CT molecular complexity index is 1080. The molecule has 3 N–H and O–H groups in total. The zero-order chi connectivity index (χ0) is 27.8. The topological polar surface area (TPSA) is 81.7 Å². The van der Waals surface area contributed by atoms with Gasteiger partial charge in [-0.15, -0.1) is 0 Å². The molecule has 1 fully saturated rings. The number of rotatable bonds is 11. The van der Waals surface area contributed by atoms with Gasteiger partial charge >= 0.3 is 0 Å². The van der Waals surface area contributed by atoms with Crippen molar-refractivity contribution in [3.63, 3.8) is 0 Å². The molecule has 2 aromatic carbocycles. The van der Waals surface area contributed by atoms with Crippen LogP contribution in [-0.4, -0.2) is 59.1 Å². The second kappa shape index (κ2) is 13.8. The van der Waals surface area contributed by atoms with Gasteiger partial charge in [0.25, 0.3) is 11.8 Å². The number of hydrogen-bond donors (Lipinski definition) is 3. The number of aliphatic hydroxyl groups excluding tert-OH is 1. The highest BCUT2D eigenvalue weighted by molar-refractivity contribution is 6.00. The number of aliphatic hydroxyl groups is 1. The largest absolute Gasteiger partial charge is 0.389 e. The number of nitrogens with one attached hydrogen (secondary N) is 2. The van der Waals surface area contributed by atoms with E-state index in [1.807, 2.05) is 27.7 Å². The highest BCUT2D eigenvalue weighted by atomic mass is 19.1. The van der Waals surface area contributed by atoms with E-state index in [-0.39, 0.29) is 24.4 Å². The lowest BCUT2D eigenvalue weighted by Crippen LogP contribution is -2.56. The van der Waals surface area contributed by atoms with Gasteiger partial charge in [-0.25, -0.2) is 8.78 Å². The number of amides is 2. The van der Waals surface area contributed by atoms with E-state index >= 15 is 0 Å². The summed E-state index contributed by atoms with van der Waals surface area (Å²) in [6, 6.07) is 7.41. The molecule has 1 aliphatic rings. The Hall–Kier alpha value is -2.84. The average molecular weight is 530 g/mol. The molecular formula is C30H41F2N3O3. The summed E-state index contributed by atoms with van der Waals surface area (Å²) in [5, 5.41) is 17.6. The first kappa shape index (κ1) is 29.7. The Labute approximate surface area is 224 Å². The summed E-state index contributed by atoms with van der Waals surface area (Å²) in [5.74, 6) is -2.01. The van der Waals surface area contributed by atoms with Crippen LogP contribution in [0.4, 0.5) is 8.78 Å². The first-order valence-corrected chi connectivity index (χ1v) is 13.7. The number of carbonyl (C=O) groups is 2. The van der Waals surface area contributed by atoms with E-state index in [1.165, 1.54) is 12.1 Å². The van der Waals surface area contributed by atoms with Crippen LogP contribution in [0.5, 0.6) is 0 Å². The molecule has 4 atom stereocenters. The van der Waals surface area contributed by atoms with E-state index in [0.717, 1.165) is 43.7 Å². The molecule has 0 spiro atoms. The van der Waals surface area contributed by atoms with Crippen LogP contribution in [0.3, 0.4) is 0 Å². The maximum Gasteiger partial charge on any atom is 0.253 e. The maximum atomic E-state index is 13.9. The monoisotopic (exact) mass is 529 g/mol. The molecule has 0 unspecified atom stereocenters. The zero-order valence-electron chi connectivity index (χ0n) is 22.9. The Morgan fingerprint density at radius 3 is 2.26 bits per heavy atom. The third-order valence-corrected chi connectivity index (χ3v) is 7.03. The van der Waals surface area contributed by atoms with Gasteiger partial charge in [-0.05, 0) is 87.4 Å². The van der Waals surface area contributed by atoms with E-state index in [9.17, 15) is 23.5 Å². The van der Waals surface area contributed by atoms with E-state index in [0.29, 0.717) is 29.8 Å². The molecule has 0 bridgehead atoms. The van der Waals surface area contributed by atoms with Gasteiger partial charge in [0, 0.05) is 42.4 Å². The molecule has 0 saturated carbocycles. The second-order valence-corrected chi connectivity index (χ2v) is 10.5. The predicted octanol–water partition coefficient (Wildman–Crippen LogP) is 4.77. The third-order valence-electron chi connectivity index (χ3n) is 7.03. The average Bonchev–Trinajstić information content (AvgIpc) is 2.86. The molecule has 1 aliphatic heterocycles. The van der Waals surface area contributed by atoms with Crippen molar-refractivity contribution < 1.29 is 23.5 Å². The number of aryl methyl sites for hydroxylation is 1. The van der Waals surface area contributed by atoms with Gasteiger partial charge in [0.1, 0.15) is 11.6 Å². The van der Waals surface area contributed by atoms with Gasteiger partial charge in [0.2, 0.25) is 0 Å². The Morgan fingerprint density at radius 2 is 1.66 bits per heavy atom. The van der Waals surface area contributed by atoms with Crippen molar-refractivity contribution in [1.29, 1.82) is 0 Å². The number of carbonyl (C=O) groups excluding carboxylic acids is 2. The fraction of sp³-hybridized carbons (Fsp3) is 0.533. The van der Waals surface area contributed by atoms with E-state index in [2.05, 4.69) is 10.6 Å². The molecule has 0 radical (unpaired) electrons. The molecule has 2 amide bonds. The zero-order valence-corrected chi connectivity index (χ0v) is 22.9. The lowest BCUT2D eigenvalue weighted by atomic mass is 9.89. The van der Waals surface area contributed by atoms with Crippen LogP contribution in [0.1, 0.15) is 84.7 Å². The van der Waals surface area contributed by atoms with Gasteiger partial charge in [-0.2, -0.15) is 0 Å². The van der Waals surface area contributed by atoms with Crippen molar-refractivity contribution >= 4 is 11.8 Å². The predicted molar refractivity (Wildman–Crippen MR) is 145 cm³/mol. The van der Waals surface area contributed by atoms with Crippen molar-refractivity contribution in [3.8, 4) is 0 Å². The molecule has 6 nitrogen and oxygen atoms in total. The van der Waals surface area contributed by atoms with Crippen molar-refractivity contribution in [2.75, 3.05) is 13.1 Å². The molecule has 1 heterocycles. The maximum absolute atomic E-state index is 13.9.